The summed E-state index contributed by atoms with van der Waals surface area (Å²) in [6.45, 7) is 1.85. The molecule has 0 aliphatic rings. The Balaban J connectivity index is 2.10. The van der Waals surface area contributed by atoms with E-state index in [2.05, 4.69) is 0 Å². The minimum atomic E-state index is -0.479. The van der Waals surface area contributed by atoms with Gasteiger partial charge in [0, 0.05) is 12.1 Å². The topological polar surface area (TPSA) is 70.3 Å². The molecule has 0 fully saturated rings. The van der Waals surface area contributed by atoms with Gasteiger partial charge >= 0.3 is 5.69 Å². The van der Waals surface area contributed by atoms with E-state index in [1.165, 1.54) is 4.57 Å². The van der Waals surface area contributed by atoms with Crippen LogP contribution >= 0.6 is 0 Å². The van der Waals surface area contributed by atoms with Gasteiger partial charge in [-0.15, -0.1) is 0 Å². The molecule has 3 rings (SSSR count). The van der Waals surface area contributed by atoms with E-state index in [1.54, 1.807) is 62.6 Å². The number of carbonyl (C=O) groups excluding carboxylic acids is 1. The lowest BCUT2D eigenvalue weighted by molar-refractivity contribution is 0.0971. The number of hydrogen-bond acceptors (Lipinski definition) is 4. The fourth-order valence-corrected chi connectivity index (χ4v) is 2.81. The van der Waals surface area contributed by atoms with Crippen molar-refractivity contribution in [3.8, 4) is 5.75 Å². The zero-order chi connectivity index (χ0) is 18.0. The molecule has 1 aromatic heterocycles. The molecular formula is C19H18N2O4. The van der Waals surface area contributed by atoms with E-state index in [0.29, 0.717) is 22.2 Å². The molecule has 2 aromatic carbocycles. The van der Waals surface area contributed by atoms with Crippen molar-refractivity contribution in [1.82, 2.24) is 9.13 Å². The lowest BCUT2D eigenvalue weighted by Crippen LogP contribution is -2.40. The number of ether oxygens (including phenoxy) is 1. The number of para-hydroxylation sites is 1. The Bertz CT molecular complexity index is 1050. The molecule has 25 heavy (non-hydrogen) atoms. The highest BCUT2D eigenvalue weighted by atomic mass is 16.5. The molecule has 0 saturated carbocycles. The van der Waals surface area contributed by atoms with Crippen molar-refractivity contribution in [2.75, 3.05) is 7.11 Å². The maximum atomic E-state index is 12.7. The second kappa shape index (κ2) is 6.76. The summed E-state index contributed by atoms with van der Waals surface area (Å²) in [6.07, 6.45) is 0. The number of benzene rings is 2. The van der Waals surface area contributed by atoms with Crippen molar-refractivity contribution in [3.05, 3.63) is 74.9 Å². The van der Waals surface area contributed by atoms with Gasteiger partial charge < -0.3 is 4.74 Å². The van der Waals surface area contributed by atoms with E-state index in [9.17, 15) is 14.4 Å². The van der Waals surface area contributed by atoms with Crippen LogP contribution in [0, 0.1) is 0 Å². The van der Waals surface area contributed by atoms with Crippen LogP contribution in [0.4, 0.5) is 0 Å². The quantitative estimate of drug-likeness (QED) is 0.668. The first-order valence-corrected chi connectivity index (χ1v) is 7.96. The van der Waals surface area contributed by atoms with Gasteiger partial charge in [-0.3, -0.25) is 18.7 Å². The van der Waals surface area contributed by atoms with E-state index >= 15 is 0 Å². The van der Waals surface area contributed by atoms with Gasteiger partial charge in [0.2, 0.25) is 0 Å². The van der Waals surface area contributed by atoms with Crippen molar-refractivity contribution in [1.29, 1.82) is 0 Å². The van der Waals surface area contributed by atoms with Crippen molar-refractivity contribution in [3.63, 3.8) is 0 Å². The number of aromatic nitrogens is 2. The third-order valence-corrected chi connectivity index (χ3v) is 4.16. The van der Waals surface area contributed by atoms with Gasteiger partial charge in [-0.1, -0.05) is 12.1 Å². The molecule has 0 bridgehead atoms. The van der Waals surface area contributed by atoms with Crippen LogP contribution in [0.1, 0.15) is 17.3 Å². The van der Waals surface area contributed by atoms with Gasteiger partial charge in [0.1, 0.15) is 5.75 Å². The average molecular weight is 338 g/mol. The number of carbonyl (C=O) groups is 1. The number of methoxy groups -OCH3 is 1. The number of ketones is 1. The second-order valence-electron chi connectivity index (χ2n) is 5.59. The van der Waals surface area contributed by atoms with Crippen LogP contribution in [-0.2, 0) is 13.1 Å². The van der Waals surface area contributed by atoms with Crippen LogP contribution < -0.4 is 16.0 Å². The Hall–Kier alpha value is -3.15. The Morgan fingerprint density at radius 2 is 1.68 bits per heavy atom. The number of fused-ring (bicyclic) bond motifs is 1. The summed E-state index contributed by atoms with van der Waals surface area (Å²) in [4.78, 5) is 37.7. The lowest BCUT2D eigenvalue weighted by Gasteiger charge is -2.12. The molecule has 0 amide bonds. The monoisotopic (exact) mass is 338 g/mol. The molecule has 128 valence electrons. The van der Waals surface area contributed by atoms with E-state index < -0.39 is 5.69 Å². The maximum Gasteiger partial charge on any atom is 0.331 e. The molecule has 0 aliphatic carbocycles. The average Bonchev–Trinajstić information content (AvgIpc) is 2.65. The van der Waals surface area contributed by atoms with Gasteiger partial charge in [-0.2, -0.15) is 0 Å². The van der Waals surface area contributed by atoms with E-state index in [-0.39, 0.29) is 24.4 Å². The van der Waals surface area contributed by atoms with Crippen LogP contribution in [0.5, 0.6) is 5.75 Å². The Labute approximate surface area is 143 Å². The van der Waals surface area contributed by atoms with Crippen LogP contribution in [0.2, 0.25) is 0 Å². The summed E-state index contributed by atoms with van der Waals surface area (Å²) in [7, 11) is 1.55. The number of nitrogens with zero attached hydrogens (tertiary/aromatic N) is 2. The van der Waals surface area contributed by atoms with Gasteiger partial charge in [0.05, 0.1) is 24.6 Å². The Kier molecular flexibility index (Phi) is 4.52. The van der Waals surface area contributed by atoms with Crippen LogP contribution in [-0.4, -0.2) is 22.0 Å². The fourth-order valence-electron chi connectivity index (χ4n) is 2.81. The molecule has 6 heteroatoms. The summed E-state index contributed by atoms with van der Waals surface area (Å²) in [5, 5.41) is 0.423. The molecule has 0 N–H and O–H groups in total. The Morgan fingerprint density at radius 3 is 2.32 bits per heavy atom. The molecule has 1 heterocycles. The van der Waals surface area contributed by atoms with Gasteiger partial charge in [0.25, 0.3) is 5.56 Å². The fraction of sp³-hybridized carbons (Fsp3) is 0.211. The maximum absolute atomic E-state index is 12.7. The van der Waals surface area contributed by atoms with Gasteiger partial charge in [0.15, 0.2) is 5.78 Å². The highest BCUT2D eigenvalue weighted by molar-refractivity contribution is 5.96. The first kappa shape index (κ1) is 16.7. The summed E-state index contributed by atoms with van der Waals surface area (Å²) >= 11 is 0. The first-order chi connectivity index (χ1) is 12.1. The molecule has 6 nitrogen and oxygen atoms in total. The third-order valence-electron chi connectivity index (χ3n) is 4.16. The standard InChI is InChI=1S/C19H18N2O4/c1-3-20-18(23)15-6-4-5-7-16(15)21(19(20)24)12-17(22)13-8-10-14(25-2)11-9-13/h4-11H,3,12H2,1-2H3. The largest absolute Gasteiger partial charge is 0.497 e. The number of rotatable bonds is 5. The molecule has 0 atom stereocenters. The SMILES string of the molecule is CCn1c(=O)c2ccccc2n(CC(=O)c2ccc(OC)cc2)c1=O. The number of Topliss-reactive ketones (excluding diaryl/α,β-unsaturated/α-hetero) is 1. The molecule has 0 radical (unpaired) electrons. The molecule has 0 aliphatic heterocycles. The summed E-state index contributed by atoms with van der Waals surface area (Å²) in [6, 6.07) is 13.5. The second-order valence-corrected chi connectivity index (χ2v) is 5.59. The molecule has 0 unspecified atom stereocenters. The highest BCUT2D eigenvalue weighted by Gasteiger charge is 2.15. The minimum absolute atomic E-state index is 0.133. The highest BCUT2D eigenvalue weighted by Crippen LogP contribution is 2.13. The molecule has 0 saturated heterocycles. The van der Waals surface area contributed by atoms with Crippen LogP contribution in [0.15, 0.2) is 58.1 Å². The predicted octanol–water partition coefficient (Wildman–Crippen LogP) is 2.07. The smallest absolute Gasteiger partial charge is 0.331 e. The lowest BCUT2D eigenvalue weighted by atomic mass is 10.1. The van der Waals surface area contributed by atoms with Crippen molar-refractivity contribution in [2.24, 2.45) is 0 Å². The summed E-state index contributed by atoms with van der Waals surface area (Å²) < 4.78 is 7.58. The normalized spacial score (nSPS) is 10.8. The minimum Gasteiger partial charge on any atom is -0.497 e. The van der Waals surface area contributed by atoms with Crippen LogP contribution in [0.3, 0.4) is 0 Å². The summed E-state index contributed by atoms with van der Waals surface area (Å²) in [5.74, 6) is 0.440. The summed E-state index contributed by atoms with van der Waals surface area (Å²) in [5.41, 5.74) is 0.124. The zero-order valence-electron chi connectivity index (χ0n) is 14.1. The van der Waals surface area contributed by atoms with E-state index in [4.69, 9.17) is 4.74 Å². The zero-order valence-corrected chi connectivity index (χ0v) is 14.1. The molecule has 3 aromatic rings. The molecule has 0 spiro atoms. The predicted molar refractivity (Wildman–Crippen MR) is 95.5 cm³/mol. The van der Waals surface area contributed by atoms with Crippen molar-refractivity contribution in [2.45, 2.75) is 20.0 Å². The van der Waals surface area contributed by atoms with Crippen LogP contribution in [0.25, 0.3) is 10.9 Å². The molecular weight excluding hydrogens is 320 g/mol. The Morgan fingerprint density at radius 1 is 1.00 bits per heavy atom. The number of hydrogen-bond donors (Lipinski definition) is 0. The van der Waals surface area contributed by atoms with Gasteiger partial charge in [-0.25, -0.2) is 4.79 Å². The van der Waals surface area contributed by atoms with E-state index in [1.807, 2.05) is 0 Å². The van der Waals surface area contributed by atoms with Gasteiger partial charge in [-0.05, 0) is 43.3 Å². The van der Waals surface area contributed by atoms with Crippen molar-refractivity contribution < 1.29 is 9.53 Å². The van der Waals surface area contributed by atoms with E-state index in [0.717, 1.165) is 4.57 Å². The third kappa shape index (κ3) is 2.98. The first-order valence-electron chi connectivity index (χ1n) is 7.96. The van der Waals surface area contributed by atoms with Crippen molar-refractivity contribution >= 4 is 16.7 Å².